The lowest BCUT2D eigenvalue weighted by atomic mass is 10.1. The van der Waals surface area contributed by atoms with E-state index >= 15 is 0 Å². The quantitative estimate of drug-likeness (QED) is 0.693. The molecule has 3 rings (SSSR count). The molecule has 0 unspecified atom stereocenters. The third-order valence-corrected chi connectivity index (χ3v) is 4.57. The van der Waals surface area contributed by atoms with Gasteiger partial charge in [0.15, 0.2) is 0 Å². The molecule has 6 heteroatoms. The van der Waals surface area contributed by atoms with Gasteiger partial charge in [-0.3, -0.25) is 0 Å². The molecule has 23 heavy (non-hydrogen) atoms. The first-order valence-corrected chi connectivity index (χ1v) is 8.07. The second-order valence-electron chi connectivity index (χ2n) is 5.00. The Morgan fingerprint density at radius 2 is 1.91 bits per heavy atom. The van der Waals surface area contributed by atoms with Gasteiger partial charge in [0.1, 0.15) is 10.8 Å². The summed E-state index contributed by atoms with van der Waals surface area (Å²) in [6.45, 7) is 0.589. The summed E-state index contributed by atoms with van der Waals surface area (Å²) in [6.07, 6.45) is 3.62. The first kappa shape index (κ1) is 16.0. The van der Waals surface area contributed by atoms with Crippen LogP contribution < -0.4 is 5.73 Å². The molecule has 0 fully saturated rings. The van der Waals surface area contributed by atoms with Crippen LogP contribution in [0.5, 0.6) is 0 Å². The largest absolute Gasteiger partial charge is 0.389 e. The van der Waals surface area contributed by atoms with Gasteiger partial charge in [0.25, 0.3) is 0 Å². The fourth-order valence-corrected chi connectivity index (χ4v) is 3.02. The van der Waals surface area contributed by atoms with E-state index in [0.717, 1.165) is 22.5 Å². The molecule has 0 aliphatic rings. The topological polar surface area (TPSA) is 43.8 Å². The fourth-order valence-electron chi connectivity index (χ4n) is 2.44. The Morgan fingerprint density at radius 1 is 1.13 bits per heavy atom. The maximum Gasteiger partial charge on any atom is 0.141 e. The first-order chi connectivity index (χ1) is 11.1. The Labute approximate surface area is 149 Å². The normalized spacial score (nSPS) is 10.7. The zero-order chi connectivity index (χ0) is 16.4. The van der Waals surface area contributed by atoms with Crippen LogP contribution in [0.25, 0.3) is 11.4 Å². The Bertz CT molecular complexity index is 874. The van der Waals surface area contributed by atoms with Gasteiger partial charge < -0.3 is 10.3 Å². The van der Waals surface area contributed by atoms with Crippen molar-refractivity contribution in [2.45, 2.75) is 6.54 Å². The molecule has 1 heterocycles. The number of nitrogens with zero attached hydrogens (tertiary/aromatic N) is 2. The molecule has 0 saturated carbocycles. The van der Waals surface area contributed by atoms with Crippen LogP contribution in [0.2, 0.25) is 10.0 Å². The minimum absolute atomic E-state index is 0.378. The summed E-state index contributed by atoms with van der Waals surface area (Å²) in [5, 5.41) is 0.992. The minimum Gasteiger partial charge on any atom is -0.389 e. The number of hydrogen-bond acceptors (Lipinski definition) is 2. The second-order valence-corrected chi connectivity index (χ2v) is 6.23. The standard InChI is InChI=1S/C17H13Cl2N3S/c18-14-7-3-6-13(15(14)19)17-21-8-9-22(17)10-11-4-1-2-5-12(11)16(20)23/h1-9H,10H2,(H2,20,23). The van der Waals surface area contributed by atoms with Crippen LogP contribution in [0.4, 0.5) is 0 Å². The highest BCUT2D eigenvalue weighted by atomic mass is 35.5. The maximum absolute atomic E-state index is 6.32. The molecular formula is C17H13Cl2N3S. The van der Waals surface area contributed by atoms with Gasteiger partial charge >= 0.3 is 0 Å². The number of benzene rings is 2. The molecule has 0 atom stereocenters. The SMILES string of the molecule is NC(=S)c1ccccc1Cn1ccnc1-c1cccc(Cl)c1Cl. The van der Waals surface area contributed by atoms with E-state index in [1.165, 1.54) is 0 Å². The molecule has 3 nitrogen and oxygen atoms in total. The summed E-state index contributed by atoms with van der Waals surface area (Å²) < 4.78 is 1.99. The van der Waals surface area contributed by atoms with Crippen molar-refractivity contribution < 1.29 is 0 Å². The van der Waals surface area contributed by atoms with Crippen molar-refractivity contribution in [2.75, 3.05) is 0 Å². The summed E-state index contributed by atoms with van der Waals surface area (Å²) in [5.41, 5.74) is 8.48. The molecule has 3 aromatic rings. The maximum atomic E-state index is 6.32. The molecule has 0 aliphatic carbocycles. The predicted molar refractivity (Wildman–Crippen MR) is 99.1 cm³/mol. The van der Waals surface area contributed by atoms with Gasteiger partial charge in [0.2, 0.25) is 0 Å². The molecule has 2 N–H and O–H groups in total. The van der Waals surface area contributed by atoms with Crippen molar-refractivity contribution in [2.24, 2.45) is 5.73 Å². The molecule has 0 bridgehead atoms. The number of aromatic nitrogens is 2. The van der Waals surface area contributed by atoms with Crippen LogP contribution in [0, 0.1) is 0 Å². The van der Waals surface area contributed by atoms with Crippen molar-refractivity contribution in [3.63, 3.8) is 0 Å². The van der Waals surface area contributed by atoms with Crippen LogP contribution >= 0.6 is 35.4 Å². The Kier molecular flexibility index (Phi) is 4.66. The van der Waals surface area contributed by atoms with Gasteiger partial charge in [-0.25, -0.2) is 4.98 Å². The summed E-state index contributed by atoms with van der Waals surface area (Å²) in [6, 6.07) is 13.3. The van der Waals surface area contributed by atoms with Crippen LogP contribution in [-0.2, 0) is 6.54 Å². The van der Waals surface area contributed by atoms with E-state index in [2.05, 4.69) is 4.98 Å². The van der Waals surface area contributed by atoms with E-state index in [1.54, 1.807) is 12.3 Å². The van der Waals surface area contributed by atoms with Crippen molar-refractivity contribution >= 4 is 40.4 Å². The molecule has 2 aromatic carbocycles. The number of imidazole rings is 1. The molecule has 0 spiro atoms. The lowest BCUT2D eigenvalue weighted by Crippen LogP contribution is -2.14. The van der Waals surface area contributed by atoms with Gasteiger partial charge in [0.05, 0.1) is 10.0 Å². The Hall–Kier alpha value is -1.88. The lowest BCUT2D eigenvalue weighted by molar-refractivity contribution is 0.806. The molecule has 116 valence electrons. The van der Waals surface area contributed by atoms with E-state index in [-0.39, 0.29) is 0 Å². The average Bonchev–Trinajstić information content (AvgIpc) is 2.98. The Balaban J connectivity index is 2.03. The third kappa shape index (κ3) is 3.24. The molecule has 0 radical (unpaired) electrons. The van der Waals surface area contributed by atoms with Crippen LogP contribution in [-0.4, -0.2) is 14.5 Å². The predicted octanol–water partition coefficient (Wildman–Crippen LogP) is 4.54. The highest BCUT2D eigenvalue weighted by Crippen LogP contribution is 2.32. The molecule has 0 aliphatic heterocycles. The van der Waals surface area contributed by atoms with E-state index in [4.69, 9.17) is 41.2 Å². The third-order valence-electron chi connectivity index (χ3n) is 3.53. The zero-order valence-electron chi connectivity index (χ0n) is 12.0. The van der Waals surface area contributed by atoms with Crippen molar-refractivity contribution in [1.29, 1.82) is 0 Å². The number of thiocarbonyl (C=S) groups is 1. The van der Waals surface area contributed by atoms with E-state index in [0.29, 0.717) is 21.6 Å². The average molecular weight is 362 g/mol. The lowest BCUT2D eigenvalue weighted by Gasteiger charge is -2.12. The number of halogens is 2. The van der Waals surface area contributed by atoms with E-state index < -0.39 is 0 Å². The van der Waals surface area contributed by atoms with Gasteiger partial charge in [-0.1, -0.05) is 65.8 Å². The summed E-state index contributed by atoms with van der Waals surface area (Å²) in [4.78, 5) is 4.79. The highest BCUT2D eigenvalue weighted by Gasteiger charge is 2.13. The number of hydrogen-bond donors (Lipinski definition) is 1. The number of rotatable bonds is 4. The van der Waals surface area contributed by atoms with Crippen LogP contribution in [0.1, 0.15) is 11.1 Å². The van der Waals surface area contributed by atoms with Crippen molar-refractivity contribution in [3.05, 3.63) is 76.0 Å². The van der Waals surface area contributed by atoms with Crippen molar-refractivity contribution in [3.8, 4) is 11.4 Å². The van der Waals surface area contributed by atoms with E-state index in [9.17, 15) is 0 Å². The summed E-state index contributed by atoms with van der Waals surface area (Å²) in [5.74, 6) is 0.746. The fraction of sp³-hybridized carbons (Fsp3) is 0.0588. The summed E-state index contributed by atoms with van der Waals surface area (Å²) >= 11 is 17.5. The van der Waals surface area contributed by atoms with E-state index in [1.807, 2.05) is 47.2 Å². The summed E-state index contributed by atoms with van der Waals surface area (Å²) in [7, 11) is 0. The second kappa shape index (κ2) is 6.71. The monoisotopic (exact) mass is 361 g/mol. The Morgan fingerprint density at radius 3 is 2.70 bits per heavy atom. The van der Waals surface area contributed by atoms with Crippen LogP contribution in [0.3, 0.4) is 0 Å². The van der Waals surface area contributed by atoms with Gasteiger partial charge in [-0.15, -0.1) is 0 Å². The highest BCUT2D eigenvalue weighted by molar-refractivity contribution is 7.80. The first-order valence-electron chi connectivity index (χ1n) is 6.91. The van der Waals surface area contributed by atoms with Gasteiger partial charge in [-0.2, -0.15) is 0 Å². The van der Waals surface area contributed by atoms with Gasteiger partial charge in [-0.05, 0) is 17.7 Å². The van der Waals surface area contributed by atoms with Crippen molar-refractivity contribution in [1.82, 2.24) is 9.55 Å². The zero-order valence-corrected chi connectivity index (χ0v) is 14.4. The minimum atomic E-state index is 0.378. The smallest absolute Gasteiger partial charge is 0.141 e. The van der Waals surface area contributed by atoms with Gasteiger partial charge in [0, 0.05) is 30.1 Å². The number of nitrogens with two attached hydrogens (primary N) is 1. The van der Waals surface area contributed by atoms with Crippen LogP contribution in [0.15, 0.2) is 54.9 Å². The molecular weight excluding hydrogens is 349 g/mol. The molecule has 0 amide bonds. The molecule has 1 aromatic heterocycles. The molecule has 0 saturated heterocycles.